The number of rotatable bonds is 67. The highest BCUT2D eigenvalue weighted by atomic mass is 16.6. The van der Waals surface area contributed by atoms with Crippen molar-refractivity contribution in [1.29, 1.82) is 0 Å². The first-order valence-corrected chi connectivity index (χ1v) is 36.0. The Morgan fingerprint density at radius 1 is 0.250 bits per heavy atom. The SMILES string of the molecule is CCCCCC/C=C\C/C=C\CCCCCCCC(=O)OCC(COC(=O)CCCCCCCCCCCCCCCCCCC/C=C\CCCCCCCCCC)OC(=O)CCCCCCCCCCCCCCCCCCC. The van der Waals surface area contributed by atoms with Crippen LogP contribution in [-0.2, 0) is 28.6 Å². The molecule has 0 aromatic rings. The Hall–Kier alpha value is -2.37. The molecule has 0 N–H and O–H groups in total. The van der Waals surface area contributed by atoms with Crippen LogP contribution >= 0.6 is 0 Å². The molecule has 0 heterocycles. The van der Waals surface area contributed by atoms with Gasteiger partial charge in [-0.25, -0.2) is 0 Å². The number of unbranched alkanes of at least 4 members (excludes halogenated alkanes) is 50. The van der Waals surface area contributed by atoms with E-state index in [1.165, 1.54) is 283 Å². The van der Waals surface area contributed by atoms with Crippen LogP contribution in [0.5, 0.6) is 0 Å². The zero-order valence-corrected chi connectivity index (χ0v) is 54.1. The Labute approximate surface area is 499 Å². The monoisotopic (exact) mass is 1120 g/mol. The third-order valence-corrected chi connectivity index (χ3v) is 16.4. The third-order valence-electron chi connectivity index (χ3n) is 16.4. The number of carbonyl (C=O) groups is 3. The minimum atomic E-state index is -0.776. The number of esters is 3. The summed E-state index contributed by atoms with van der Waals surface area (Å²) < 4.78 is 17.0. The lowest BCUT2D eigenvalue weighted by atomic mass is 10.0. The molecule has 1 atom stereocenters. The van der Waals surface area contributed by atoms with Gasteiger partial charge in [0.1, 0.15) is 13.2 Å². The average molecular weight is 1120 g/mol. The number of allylic oxidation sites excluding steroid dienone is 6. The van der Waals surface area contributed by atoms with Gasteiger partial charge >= 0.3 is 17.9 Å². The summed E-state index contributed by atoms with van der Waals surface area (Å²) in [7, 11) is 0. The van der Waals surface area contributed by atoms with Crippen LogP contribution in [0.1, 0.15) is 400 Å². The molecule has 0 aliphatic rings. The van der Waals surface area contributed by atoms with Gasteiger partial charge in [-0.05, 0) is 77.0 Å². The summed E-state index contributed by atoms with van der Waals surface area (Å²) >= 11 is 0. The molecule has 6 heteroatoms. The standard InChI is InChI=1S/C74H138O6/c1-4-7-10-13-16-19-22-25-28-31-32-33-34-35-36-37-38-39-40-41-42-44-46-49-52-55-58-61-64-67-73(76)79-70-71(69-78-72(75)66-63-60-57-54-51-48-45-30-27-24-21-18-15-12-9-6-3)80-74(77)68-65-62-59-56-53-50-47-43-29-26-23-20-17-14-11-8-5-2/h21,24,30-32,45,71H,4-20,22-23,25-29,33-44,46-70H2,1-3H3/b24-21-,32-31-,45-30-. The van der Waals surface area contributed by atoms with E-state index in [2.05, 4.69) is 57.2 Å². The summed E-state index contributed by atoms with van der Waals surface area (Å²) in [5.74, 6) is -0.855. The van der Waals surface area contributed by atoms with Gasteiger partial charge in [0.25, 0.3) is 0 Å². The summed E-state index contributed by atoms with van der Waals surface area (Å²) in [6.45, 7) is 6.69. The molecule has 0 aliphatic heterocycles. The van der Waals surface area contributed by atoms with E-state index in [-0.39, 0.29) is 31.1 Å². The van der Waals surface area contributed by atoms with Crippen molar-refractivity contribution < 1.29 is 28.6 Å². The summed E-state index contributed by atoms with van der Waals surface area (Å²) in [5.41, 5.74) is 0. The van der Waals surface area contributed by atoms with Crippen molar-refractivity contribution in [3.8, 4) is 0 Å². The molecule has 6 nitrogen and oxygen atoms in total. The number of ether oxygens (including phenoxy) is 3. The van der Waals surface area contributed by atoms with Crippen molar-refractivity contribution in [1.82, 2.24) is 0 Å². The largest absolute Gasteiger partial charge is 0.462 e. The first-order valence-electron chi connectivity index (χ1n) is 36.0. The second-order valence-corrected chi connectivity index (χ2v) is 24.5. The van der Waals surface area contributed by atoms with Gasteiger partial charge in [0.05, 0.1) is 0 Å². The van der Waals surface area contributed by atoms with Crippen LogP contribution < -0.4 is 0 Å². The number of carbonyl (C=O) groups excluding carboxylic acids is 3. The molecule has 0 spiro atoms. The van der Waals surface area contributed by atoms with E-state index >= 15 is 0 Å². The average Bonchev–Trinajstić information content (AvgIpc) is 3.46. The number of hydrogen-bond acceptors (Lipinski definition) is 6. The van der Waals surface area contributed by atoms with E-state index in [1.807, 2.05) is 0 Å². The predicted molar refractivity (Wildman–Crippen MR) is 349 cm³/mol. The summed E-state index contributed by atoms with van der Waals surface area (Å²) in [5, 5.41) is 0. The highest BCUT2D eigenvalue weighted by molar-refractivity contribution is 5.71. The van der Waals surface area contributed by atoms with Crippen molar-refractivity contribution in [3.05, 3.63) is 36.5 Å². The maximum atomic E-state index is 12.9. The van der Waals surface area contributed by atoms with E-state index in [4.69, 9.17) is 14.2 Å². The van der Waals surface area contributed by atoms with Crippen molar-refractivity contribution in [2.24, 2.45) is 0 Å². The van der Waals surface area contributed by atoms with Gasteiger partial charge in [0.15, 0.2) is 6.10 Å². The zero-order chi connectivity index (χ0) is 57.8. The molecule has 0 aromatic carbocycles. The van der Waals surface area contributed by atoms with Crippen LogP contribution in [0.15, 0.2) is 36.5 Å². The van der Waals surface area contributed by atoms with Gasteiger partial charge in [-0.15, -0.1) is 0 Å². The molecule has 0 saturated heterocycles. The van der Waals surface area contributed by atoms with Crippen molar-refractivity contribution in [3.63, 3.8) is 0 Å². The Balaban J connectivity index is 4.21. The molecule has 80 heavy (non-hydrogen) atoms. The van der Waals surface area contributed by atoms with Crippen LogP contribution in [-0.4, -0.2) is 37.2 Å². The van der Waals surface area contributed by atoms with Gasteiger partial charge in [-0.2, -0.15) is 0 Å². The molecule has 0 amide bonds. The Kier molecular flexibility index (Phi) is 67.1. The summed E-state index contributed by atoms with van der Waals surface area (Å²) in [6.07, 6.45) is 86.1. The van der Waals surface area contributed by atoms with Gasteiger partial charge < -0.3 is 14.2 Å². The van der Waals surface area contributed by atoms with Gasteiger partial charge in [0, 0.05) is 19.3 Å². The fourth-order valence-corrected chi connectivity index (χ4v) is 10.9. The summed E-state index contributed by atoms with van der Waals surface area (Å²) in [6, 6.07) is 0. The maximum absolute atomic E-state index is 12.9. The topological polar surface area (TPSA) is 78.9 Å². The Bertz CT molecular complexity index is 1340. The van der Waals surface area contributed by atoms with E-state index < -0.39 is 6.10 Å². The molecule has 0 bridgehead atoms. The van der Waals surface area contributed by atoms with E-state index in [1.54, 1.807) is 0 Å². The molecule has 0 saturated carbocycles. The normalized spacial score (nSPS) is 12.2. The maximum Gasteiger partial charge on any atom is 0.306 e. The molecule has 1 unspecified atom stereocenters. The minimum Gasteiger partial charge on any atom is -0.462 e. The van der Waals surface area contributed by atoms with Crippen LogP contribution in [0.4, 0.5) is 0 Å². The zero-order valence-electron chi connectivity index (χ0n) is 54.1. The van der Waals surface area contributed by atoms with Crippen LogP contribution in [0, 0.1) is 0 Å². The first kappa shape index (κ1) is 77.6. The van der Waals surface area contributed by atoms with Crippen molar-refractivity contribution >= 4 is 17.9 Å². The number of hydrogen-bond donors (Lipinski definition) is 0. The van der Waals surface area contributed by atoms with Crippen molar-refractivity contribution in [2.45, 2.75) is 406 Å². The van der Waals surface area contributed by atoms with E-state index in [9.17, 15) is 14.4 Å². The highest BCUT2D eigenvalue weighted by Gasteiger charge is 2.19. The first-order chi connectivity index (χ1) is 39.5. The van der Waals surface area contributed by atoms with Crippen LogP contribution in [0.2, 0.25) is 0 Å². The molecule has 0 aromatic heterocycles. The van der Waals surface area contributed by atoms with Gasteiger partial charge in [-0.3, -0.25) is 14.4 Å². The molecular weight excluding hydrogens is 985 g/mol. The lowest BCUT2D eigenvalue weighted by Crippen LogP contribution is -2.30. The van der Waals surface area contributed by atoms with Crippen molar-refractivity contribution in [2.75, 3.05) is 13.2 Å². The Morgan fingerprint density at radius 3 is 0.713 bits per heavy atom. The fraction of sp³-hybridized carbons (Fsp3) is 0.878. The lowest BCUT2D eigenvalue weighted by Gasteiger charge is -2.18. The highest BCUT2D eigenvalue weighted by Crippen LogP contribution is 2.18. The molecule has 470 valence electrons. The molecule has 0 fully saturated rings. The molecular formula is C74H138O6. The second-order valence-electron chi connectivity index (χ2n) is 24.5. The molecule has 0 rings (SSSR count). The van der Waals surface area contributed by atoms with Crippen LogP contribution in [0.3, 0.4) is 0 Å². The quantitative estimate of drug-likeness (QED) is 0.0261. The van der Waals surface area contributed by atoms with Gasteiger partial charge in [0.2, 0.25) is 0 Å². The fourth-order valence-electron chi connectivity index (χ4n) is 10.9. The predicted octanol–water partition coefficient (Wildman–Crippen LogP) is 24.7. The second kappa shape index (κ2) is 69.1. The third kappa shape index (κ3) is 66.4. The lowest BCUT2D eigenvalue weighted by molar-refractivity contribution is -0.167. The Morgan fingerprint density at radius 2 is 0.450 bits per heavy atom. The van der Waals surface area contributed by atoms with Crippen LogP contribution in [0.25, 0.3) is 0 Å². The molecule has 0 aliphatic carbocycles. The smallest absolute Gasteiger partial charge is 0.306 e. The van der Waals surface area contributed by atoms with E-state index in [0.29, 0.717) is 19.3 Å². The summed E-state index contributed by atoms with van der Waals surface area (Å²) in [4.78, 5) is 38.4. The van der Waals surface area contributed by atoms with Gasteiger partial charge in [-0.1, -0.05) is 340 Å². The minimum absolute atomic E-state index is 0.0710. The van der Waals surface area contributed by atoms with E-state index in [0.717, 1.165) is 77.0 Å². The molecule has 0 radical (unpaired) electrons.